The first-order chi connectivity index (χ1) is 7.81. The Kier molecular flexibility index (Phi) is 3.83. The lowest BCUT2D eigenvalue weighted by atomic mass is 10.0. The van der Waals surface area contributed by atoms with E-state index in [1.807, 2.05) is 0 Å². The largest absolute Gasteiger partial charge is 0.384 e. The fraction of sp³-hybridized carbons (Fsp3) is 0.571. The van der Waals surface area contributed by atoms with Crippen molar-refractivity contribution in [2.45, 2.75) is 26.7 Å². The molecule has 1 aromatic rings. The lowest BCUT2D eigenvalue weighted by Gasteiger charge is -2.16. The van der Waals surface area contributed by atoms with Crippen molar-refractivity contribution >= 4 is 5.69 Å². The summed E-state index contributed by atoms with van der Waals surface area (Å²) in [5.41, 5.74) is 4.16. The van der Waals surface area contributed by atoms with Crippen LogP contribution in [-0.4, -0.2) is 19.6 Å². The van der Waals surface area contributed by atoms with Crippen molar-refractivity contribution < 1.29 is 0 Å². The van der Waals surface area contributed by atoms with Gasteiger partial charge < -0.3 is 10.6 Å². The second-order valence-electron chi connectivity index (χ2n) is 4.70. The minimum absolute atomic E-state index is 0.796. The molecule has 1 heterocycles. The Morgan fingerprint density at radius 3 is 3.00 bits per heavy atom. The van der Waals surface area contributed by atoms with Crippen molar-refractivity contribution in [1.82, 2.24) is 5.32 Å². The standard InChI is InChI=1S/C14H22N2/c1-3-13-6-4-5-11(2)14(13)16-10-12-7-8-15-9-12/h4-6,12,15-16H,3,7-10H2,1-2H3. The third-order valence-electron chi connectivity index (χ3n) is 3.47. The van der Waals surface area contributed by atoms with Crippen LogP contribution in [0.5, 0.6) is 0 Å². The molecule has 1 aromatic carbocycles. The molecule has 1 fully saturated rings. The van der Waals surface area contributed by atoms with Crippen molar-refractivity contribution in [2.24, 2.45) is 5.92 Å². The Bertz CT molecular complexity index is 341. The summed E-state index contributed by atoms with van der Waals surface area (Å²) in [6, 6.07) is 6.56. The third kappa shape index (κ3) is 2.56. The van der Waals surface area contributed by atoms with Crippen LogP contribution in [0.1, 0.15) is 24.5 Å². The van der Waals surface area contributed by atoms with Crippen molar-refractivity contribution in [2.75, 3.05) is 25.0 Å². The van der Waals surface area contributed by atoms with Crippen LogP contribution in [0, 0.1) is 12.8 Å². The highest BCUT2D eigenvalue weighted by molar-refractivity contribution is 5.57. The molecule has 0 radical (unpaired) electrons. The molecule has 0 spiro atoms. The van der Waals surface area contributed by atoms with Crippen molar-refractivity contribution in [3.05, 3.63) is 29.3 Å². The van der Waals surface area contributed by atoms with Crippen LogP contribution in [0.15, 0.2) is 18.2 Å². The van der Waals surface area contributed by atoms with Crippen molar-refractivity contribution in [1.29, 1.82) is 0 Å². The lowest BCUT2D eigenvalue weighted by Crippen LogP contribution is -2.18. The highest BCUT2D eigenvalue weighted by Gasteiger charge is 2.14. The maximum atomic E-state index is 3.63. The van der Waals surface area contributed by atoms with E-state index in [1.165, 1.54) is 36.3 Å². The van der Waals surface area contributed by atoms with Crippen molar-refractivity contribution in [3.63, 3.8) is 0 Å². The van der Waals surface area contributed by atoms with E-state index in [0.717, 1.165) is 18.9 Å². The molecule has 1 aliphatic rings. The number of rotatable bonds is 4. The molecule has 2 heteroatoms. The van der Waals surface area contributed by atoms with Gasteiger partial charge in [-0.3, -0.25) is 0 Å². The minimum atomic E-state index is 0.796. The van der Waals surface area contributed by atoms with Gasteiger partial charge in [-0.25, -0.2) is 0 Å². The van der Waals surface area contributed by atoms with Crippen LogP contribution in [-0.2, 0) is 6.42 Å². The molecule has 0 saturated carbocycles. The summed E-state index contributed by atoms with van der Waals surface area (Å²) in [7, 11) is 0. The van der Waals surface area contributed by atoms with Crippen molar-refractivity contribution in [3.8, 4) is 0 Å². The first-order valence-electron chi connectivity index (χ1n) is 6.34. The molecule has 1 unspecified atom stereocenters. The molecule has 0 aromatic heterocycles. The summed E-state index contributed by atoms with van der Waals surface area (Å²) < 4.78 is 0. The van der Waals surface area contributed by atoms with E-state index in [4.69, 9.17) is 0 Å². The molecule has 1 atom stereocenters. The number of hydrogen-bond acceptors (Lipinski definition) is 2. The molecule has 0 amide bonds. The van der Waals surface area contributed by atoms with Gasteiger partial charge in [0, 0.05) is 12.2 Å². The SMILES string of the molecule is CCc1cccc(C)c1NCC1CCNC1. The Morgan fingerprint density at radius 2 is 2.31 bits per heavy atom. The number of para-hydroxylation sites is 1. The average Bonchev–Trinajstić information content (AvgIpc) is 2.80. The van der Waals surface area contributed by atoms with Gasteiger partial charge in [-0.05, 0) is 49.9 Å². The second kappa shape index (κ2) is 5.35. The first kappa shape index (κ1) is 11.5. The molecule has 2 nitrogen and oxygen atoms in total. The van der Waals surface area contributed by atoms with E-state index in [1.54, 1.807) is 0 Å². The van der Waals surface area contributed by atoms with Crippen LogP contribution in [0.3, 0.4) is 0 Å². The smallest absolute Gasteiger partial charge is 0.0402 e. The molecule has 2 rings (SSSR count). The first-order valence-corrected chi connectivity index (χ1v) is 6.34. The highest BCUT2D eigenvalue weighted by Crippen LogP contribution is 2.22. The zero-order chi connectivity index (χ0) is 11.4. The van der Waals surface area contributed by atoms with E-state index in [0.29, 0.717) is 0 Å². The van der Waals surface area contributed by atoms with Crippen LogP contribution >= 0.6 is 0 Å². The van der Waals surface area contributed by atoms with E-state index in [9.17, 15) is 0 Å². The molecular weight excluding hydrogens is 196 g/mol. The molecular formula is C14H22N2. The zero-order valence-corrected chi connectivity index (χ0v) is 10.3. The summed E-state index contributed by atoms with van der Waals surface area (Å²) in [6.45, 7) is 7.86. The summed E-state index contributed by atoms with van der Waals surface area (Å²) >= 11 is 0. The second-order valence-corrected chi connectivity index (χ2v) is 4.70. The van der Waals surface area contributed by atoms with Gasteiger partial charge in [0.15, 0.2) is 0 Å². The van der Waals surface area contributed by atoms with Gasteiger partial charge in [-0.15, -0.1) is 0 Å². The zero-order valence-electron chi connectivity index (χ0n) is 10.3. The fourth-order valence-corrected chi connectivity index (χ4v) is 2.41. The van der Waals surface area contributed by atoms with Gasteiger partial charge in [0.05, 0.1) is 0 Å². The molecule has 16 heavy (non-hydrogen) atoms. The number of nitrogens with one attached hydrogen (secondary N) is 2. The molecule has 2 N–H and O–H groups in total. The summed E-state index contributed by atoms with van der Waals surface area (Å²) in [6.07, 6.45) is 2.41. The molecule has 88 valence electrons. The maximum Gasteiger partial charge on any atom is 0.0402 e. The quantitative estimate of drug-likeness (QED) is 0.811. The molecule has 1 aliphatic heterocycles. The van der Waals surface area contributed by atoms with Gasteiger partial charge in [-0.1, -0.05) is 25.1 Å². The number of aryl methyl sites for hydroxylation is 2. The Balaban J connectivity index is 2.01. The van der Waals surface area contributed by atoms with E-state index in [-0.39, 0.29) is 0 Å². The molecule has 0 bridgehead atoms. The van der Waals surface area contributed by atoms with E-state index >= 15 is 0 Å². The predicted molar refractivity (Wildman–Crippen MR) is 70.0 cm³/mol. The Labute approximate surface area is 98.4 Å². The summed E-state index contributed by atoms with van der Waals surface area (Å²) in [5.74, 6) is 0.796. The van der Waals surface area contributed by atoms with Gasteiger partial charge in [0.2, 0.25) is 0 Å². The van der Waals surface area contributed by atoms with Crippen LogP contribution in [0.25, 0.3) is 0 Å². The Hall–Kier alpha value is -1.02. The summed E-state index contributed by atoms with van der Waals surface area (Å²) in [4.78, 5) is 0. The molecule has 1 saturated heterocycles. The predicted octanol–water partition coefficient (Wildman–Crippen LogP) is 2.58. The lowest BCUT2D eigenvalue weighted by molar-refractivity contribution is 0.615. The van der Waals surface area contributed by atoms with Crippen LogP contribution < -0.4 is 10.6 Å². The topological polar surface area (TPSA) is 24.1 Å². The van der Waals surface area contributed by atoms with E-state index < -0.39 is 0 Å². The number of benzene rings is 1. The van der Waals surface area contributed by atoms with Crippen LogP contribution in [0.2, 0.25) is 0 Å². The monoisotopic (exact) mass is 218 g/mol. The average molecular weight is 218 g/mol. The highest BCUT2D eigenvalue weighted by atomic mass is 14.9. The number of anilines is 1. The number of hydrogen-bond donors (Lipinski definition) is 2. The third-order valence-corrected chi connectivity index (χ3v) is 3.47. The van der Waals surface area contributed by atoms with Gasteiger partial charge in [0.25, 0.3) is 0 Å². The van der Waals surface area contributed by atoms with Crippen LogP contribution in [0.4, 0.5) is 5.69 Å². The normalized spacial score (nSPS) is 20.0. The Morgan fingerprint density at radius 1 is 1.44 bits per heavy atom. The summed E-state index contributed by atoms with van der Waals surface area (Å²) in [5, 5.41) is 7.05. The van der Waals surface area contributed by atoms with Gasteiger partial charge >= 0.3 is 0 Å². The van der Waals surface area contributed by atoms with Gasteiger partial charge in [0.1, 0.15) is 0 Å². The minimum Gasteiger partial charge on any atom is -0.384 e. The maximum absolute atomic E-state index is 3.63. The van der Waals surface area contributed by atoms with Gasteiger partial charge in [-0.2, -0.15) is 0 Å². The van der Waals surface area contributed by atoms with E-state index in [2.05, 4.69) is 42.7 Å². The molecule has 0 aliphatic carbocycles. The fourth-order valence-electron chi connectivity index (χ4n) is 2.41.